The van der Waals surface area contributed by atoms with Gasteiger partial charge in [0.25, 0.3) is 0 Å². The number of anilines is 1. The predicted octanol–water partition coefficient (Wildman–Crippen LogP) is 3.72. The first-order valence-corrected chi connectivity index (χ1v) is 9.58. The van der Waals surface area contributed by atoms with Crippen LogP contribution in [0.2, 0.25) is 0 Å². The largest absolute Gasteiger partial charge is 0.493 e. The molecule has 31 heavy (non-hydrogen) atoms. The molecule has 2 aromatic heterocycles. The van der Waals surface area contributed by atoms with Crippen LogP contribution in [0.1, 0.15) is 34.0 Å². The molecule has 160 valence electrons. The molecular formula is C22H23N5O4. The Hall–Kier alpha value is -4.14. The number of H-pyrrole nitrogens is 2. The number of methoxy groups -OCH3 is 1. The number of aryl methyl sites for hydroxylation is 2. The second kappa shape index (κ2) is 7.94. The lowest BCUT2D eigenvalue weighted by atomic mass is 9.85. The molecule has 0 aliphatic heterocycles. The lowest BCUT2D eigenvalue weighted by molar-refractivity contribution is 0.378. The van der Waals surface area contributed by atoms with Gasteiger partial charge in [0.2, 0.25) is 11.8 Å². The number of nitrogens with one attached hydrogen (secondary N) is 2. The fourth-order valence-electron chi connectivity index (χ4n) is 3.64. The first-order valence-electron chi connectivity index (χ1n) is 9.58. The van der Waals surface area contributed by atoms with Crippen LogP contribution < -0.4 is 15.2 Å². The number of aromatic nitrogens is 4. The summed E-state index contributed by atoms with van der Waals surface area (Å²) in [5.74, 6) is 0.860. The van der Waals surface area contributed by atoms with Gasteiger partial charge in [-0.2, -0.15) is 10.2 Å². The maximum Gasteiger partial charge on any atom is 0.211 e. The van der Waals surface area contributed by atoms with Gasteiger partial charge in [-0.15, -0.1) is 0 Å². The molecule has 9 nitrogen and oxygen atoms in total. The second-order valence-corrected chi connectivity index (χ2v) is 7.16. The van der Waals surface area contributed by atoms with Gasteiger partial charge >= 0.3 is 0 Å². The van der Waals surface area contributed by atoms with Crippen LogP contribution in [0.4, 0.5) is 5.69 Å². The van der Waals surface area contributed by atoms with E-state index in [9.17, 15) is 10.2 Å². The van der Waals surface area contributed by atoms with Crippen LogP contribution in [0.3, 0.4) is 0 Å². The number of nitrogens with zero attached hydrogens (tertiary/aromatic N) is 2. The number of rotatable bonds is 6. The third-order valence-corrected chi connectivity index (χ3v) is 5.16. The van der Waals surface area contributed by atoms with Crippen molar-refractivity contribution < 1.29 is 19.7 Å². The van der Waals surface area contributed by atoms with E-state index in [4.69, 9.17) is 15.2 Å². The summed E-state index contributed by atoms with van der Waals surface area (Å²) in [5, 5.41) is 34.4. The van der Waals surface area contributed by atoms with Crippen LogP contribution >= 0.6 is 0 Å². The average molecular weight is 421 g/mol. The number of nitrogen functional groups attached to an aromatic ring is 1. The molecule has 0 saturated heterocycles. The number of hydrogen-bond acceptors (Lipinski definition) is 7. The Morgan fingerprint density at radius 1 is 0.871 bits per heavy atom. The minimum absolute atomic E-state index is 0.0840. The highest BCUT2D eigenvalue weighted by Crippen LogP contribution is 2.44. The molecule has 0 bridgehead atoms. The lowest BCUT2D eigenvalue weighted by Gasteiger charge is -2.20. The van der Waals surface area contributed by atoms with Crippen LogP contribution in [0.15, 0.2) is 42.5 Å². The number of ether oxygens (including phenoxy) is 2. The molecule has 0 aliphatic rings. The summed E-state index contributed by atoms with van der Waals surface area (Å²) in [5.41, 5.74) is 9.39. The van der Waals surface area contributed by atoms with Crippen molar-refractivity contribution in [1.29, 1.82) is 0 Å². The van der Waals surface area contributed by atoms with Crippen molar-refractivity contribution in [2.45, 2.75) is 19.8 Å². The summed E-state index contributed by atoms with van der Waals surface area (Å²) in [6, 6.07) is 12.4. The van der Waals surface area contributed by atoms with Crippen LogP contribution in [-0.2, 0) is 0 Å². The van der Waals surface area contributed by atoms with Crippen molar-refractivity contribution >= 4 is 5.69 Å². The first kappa shape index (κ1) is 20.1. The topological polar surface area (TPSA) is 142 Å². The minimum Gasteiger partial charge on any atom is -0.493 e. The molecule has 0 saturated carbocycles. The minimum atomic E-state index is -0.558. The van der Waals surface area contributed by atoms with Crippen molar-refractivity contribution in [3.63, 3.8) is 0 Å². The van der Waals surface area contributed by atoms with Crippen molar-refractivity contribution in [3.8, 4) is 29.0 Å². The standard InChI is InChI=1S/C22H23N5O4/c1-11-18(21(28)26-24-11)20(19-12(2)25-27-22(19)29)13-4-9-16(30-3)17(10-13)31-15-7-5-14(23)6-8-15/h4-10,20H,23H2,1-3H3,(H2,24,26,28)(H2,25,27,29). The monoisotopic (exact) mass is 421 g/mol. The normalized spacial score (nSPS) is 11.1. The molecule has 2 heterocycles. The number of hydrogen-bond donors (Lipinski definition) is 5. The van der Waals surface area contributed by atoms with E-state index in [0.29, 0.717) is 45.5 Å². The number of aromatic hydroxyl groups is 2. The Morgan fingerprint density at radius 3 is 1.94 bits per heavy atom. The predicted molar refractivity (Wildman–Crippen MR) is 115 cm³/mol. The molecule has 6 N–H and O–H groups in total. The maximum absolute atomic E-state index is 10.5. The molecule has 0 amide bonds. The van der Waals surface area contributed by atoms with E-state index in [2.05, 4.69) is 20.4 Å². The summed E-state index contributed by atoms with van der Waals surface area (Å²) >= 11 is 0. The van der Waals surface area contributed by atoms with Gasteiger partial charge in [0.15, 0.2) is 11.5 Å². The fourth-order valence-corrected chi connectivity index (χ4v) is 3.64. The molecule has 0 fully saturated rings. The molecule has 4 aromatic rings. The van der Waals surface area contributed by atoms with E-state index >= 15 is 0 Å². The Morgan fingerprint density at radius 2 is 1.45 bits per heavy atom. The van der Waals surface area contributed by atoms with E-state index in [1.807, 2.05) is 6.07 Å². The molecule has 0 unspecified atom stereocenters. The molecule has 0 radical (unpaired) electrons. The van der Waals surface area contributed by atoms with E-state index in [1.165, 1.54) is 0 Å². The molecular weight excluding hydrogens is 398 g/mol. The lowest BCUT2D eigenvalue weighted by Crippen LogP contribution is -2.06. The first-order chi connectivity index (χ1) is 14.9. The van der Waals surface area contributed by atoms with Gasteiger partial charge < -0.3 is 25.4 Å². The smallest absolute Gasteiger partial charge is 0.211 e. The van der Waals surface area contributed by atoms with Gasteiger partial charge in [-0.3, -0.25) is 0 Å². The van der Waals surface area contributed by atoms with Crippen molar-refractivity contribution in [2.75, 3.05) is 12.8 Å². The quantitative estimate of drug-likeness (QED) is 0.299. The Kier molecular flexibility index (Phi) is 5.16. The Balaban J connectivity index is 1.86. The molecule has 0 spiro atoms. The van der Waals surface area contributed by atoms with Gasteiger partial charge in [0.05, 0.1) is 18.5 Å². The zero-order valence-corrected chi connectivity index (χ0v) is 17.3. The average Bonchev–Trinajstić information content (AvgIpc) is 3.26. The Bertz CT molecular complexity index is 1130. The van der Waals surface area contributed by atoms with E-state index in [0.717, 1.165) is 5.56 Å². The third kappa shape index (κ3) is 3.73. The van der Waals surface area contributed by atoms with Gasteiger partial charge in [-0.1, -0.05) is 6.07 Å². The van der Waals surface area contributed by atoms with Gasteiger partial charge in [0.1, 0.15) is 5.75 Å². The maximum atomic E-state index is 10.5. The van der Waals surface area contributed by atoms with Crippen molar-refractivity contribution in [1.82, 2.24) is 20.4 Å². The zero-order chi connectivity index (χ0) is 22.1. The third-order valence-electron chi connectivity index (χ3n) is 5.16. The zero-order valence-electron chi connectivity index (χ0n) is 17.3. The van der Waals surface area contributed by atoms with Crippen LogP contribution in [0, 0.1) is 13.8 Å². The fraction of sp³-hybridized carbons (Fsp3) is 0.182. The summed E-state index contributed by atoms with van der Waals surface area (Å²) in [6.45, 7) is 3.56. The van der Waals surface area contributed by atoms with Crippen molar-refractivity contribution in [3.05, 3.63) is 70.5 Å². The van der Waals surface area contributed by atoms with Crippen molar-refractivity contribution in [2.24, 2.45) is 0 Å². The summed E-state index contributed by atoms with van der Waals surface area (Å²) < 4.78 is 11.5. The van der Waals surface area contributed by atoms with Crippen LogP contribution in [0.25, 0.3) is 0 Å². The number of nitrogens with two attached hydrogens (primary N) is 1. The summed E-state index contributed by atoms with van der Waals surface area (Å²) in [6.07, 6.45) is 0. The molecule has 0 atom stereocenters. The molecule has 9 heteroatoms. The highest BCUT2D eigenvalue weighted by Gasteiger charge is 2.30. The molecule has 2 aromatic carbocycles. The second-order valence-electron chi connectivity index (χ2n) is 7.16. The van der Waals surface area contributed by atoms with E-state index in [1.54, 1.807) is 57.4 Å². The SMILES string of the molecule is COc1ccc(C(c2c(C)n[nH]c2O)c2c(C)n[nH]c2O)cc1Oc1ccc(N)cc1. The summed E-state index contributed by atoms with van der Waals surface area (Å²) in [7, 11) is 1.56. The Labute approximate surface area is 178 Å². The highest BCUT2D eigenvalue weighted by molar-refractivity contribution is 5.56. The van der Waals surface area contributed by atoms with E-state index < -0.39 is 5.92 Å². The van der Waals surface area contributed by atoms with Gasteiger partial charge in [-0.25, -0.2) is 10.2 Å². The molecule has 4 rings (SSSR count). The number of benzene rings is 2. The van der Waals surface area contributed by atoms with Crippen LogP contribution in [0.5, 0.6) is 29.0 Å². The highest BCUT2D eigenvalue weighted by atomic mass is 16.5. The van der Waals surface area contributed by atoms with Gasteiger partial charge in [0, 0.05) is 22.7 Å². The number of aromatic amines is 2. The molecule has 0 aliphatic carbocycles. The van der Waals surface area contributed by atoms with Gasteiger partial charge in [-0.05, 0) is 55.8 Å². The summed E-state index contributed by atoms with van der Waals surface area (Å²) in [4.78, 5) is 0. The van der Waals surface area contributed by atoms with Crippen LogP contribution in [-0.4, -0.2) is 37.7 Å². The van der Waals surface area contributed by atoms with E-state index in [-0.39, 0.29) is 11.8 Å².